The molecule has 5 heteroatoms. The standard InChI is InChI=1S/C17H14Br2Cl2O/c1-9(13-7-11(20)3-5-15(13)18)17(22)10(2)14-8-12(21)4-6-16(14)19/h3-10H,1-2H3. The number of carbonyl (C=O) groups excluding carboxylic acids is 1. The van der Waals surface area contributed by atoms with Gasteiger partial charge in [-0.3, -0.25) is 4.79 Å². The van der Waals surface area contributed by atoms with E-state index in [9.17, 15) is 4.79 Å². The molecule has 0 aliphatic heterocycles. The van der Waals surface area contributed by atoms with E-state index in [0.717, 1.165) is 20.1 Å². The highest BCUT2D eigenvalue weighted by Crippen LogP contribution is 2.35. The van der Waals surface area contributed by atoms with Crippen LogP contribution in [0.1, 0.15) is 36.8 Å². The molecular weight excluding hydrogens is 451 g/mol. The summed E-state index contributed by atoms with van der Waals surface area (Å²) in [6.45, 7) is 3.79. The topological polar surface area (TPSA) is 17.1 Å². The summed E-state index contributed by atoms with van der Waals surface area (Å²) in [6.07, 6.45) is 0. The van der Waals surface area contributed by atoms with Gasteiger partial charge in [0.2, 0.25) is 0 Å². The van der Waals surface area contributed by atoms with Crippen LogP contribution in [-0.2, 0) is 4.79 Å². The molecule has 2 rings (SSSR count). The first kappa shape index (κ1) is 18.0. The van der Waals surface area contributed by atoms with Crippen LogP contribution in [0.4, 0.5) is 0 Å². The third-order valence-corrected chi connectivity index (χ3v) is 5.62. The fraction of sp³-hybridized carbons (Fsp3) is 0.235. The van der Waals surface area contributed by atoms with E-state index in [1.165, 1.54) is 0 Å². The van der Waals surface area contributed by atoms with Gasteiger partial charge in [0.25, 0.3) is 0 Å². The van der Waals surface area contributed by atoms with Crippen LogP contribution in [-0.4, -0.2) is 5.78 Å². The van der Waals surface area contributed by atoms with Crippen LogP contribution in [0, 0.1) is 0 Å². The molecular formula is C17H14Br2Cl2O. The normalized spacial score (nSPS) is 13.7. The number of Topliss-reactive ketones (excluding diaryl/α,β-unsaturated/α-hetero) is 1. The van der Waals surface area contributed by atoms with Gasteiger partial charge in [-0.25, -0.2) is 0 Å². The molecule has 0 aromatic heterocycles. The fourth-order valence-corrected chi connectivity index (χ4v) is 3.92. The molecule has 0 aliphatic carbocycles. The Labute approximate surface area is 157 Å². The van der Waals surface area contributed by atoms with Gasteiger partial charge in [-0.1, -0.05) is 68.9 Å². The maximum absolute atomic E-state index is 12.8. The largest absolute Gasteiger partial charge is 0.298 e. The van der Waals surface area contributed by atoms with Crippen LogP contribution in [0.3, 0.4) is 0 Å². The molecule has 2 aromatic rings. The fourth-order valence-electron chi connectivity index (χ4n) is 2.37. The maximum atomic E-state index is 12.8. The Bertz CT molecular complexity index is 656. The van der Waals surface area contributed by atoms with E-state index in [2.05, 4.69) is 31.9 Å². The van der Waals surface area contributed by atoms with Crippen molar-refractivity contribution < 1.29 is 4.79 Å². The molecule has 1 nitrogen and oxygen atoms in total. The molecule has 0 fully saturated rings. The molecule has 0 radical (unpaired) electrons. The minimum atomic E-state index is -0.269. The number of benzene rings is 2. The van der Waals surface area contributed by atoms with Crippen molar-refractivity contribution in [3.63, 3.8) is 0 Å². The summed E-state index contributed by atoms with van der Waals surface area (Å²) in [6, 6.07) is 11.0. The molecule has 0 aliphatic rings. The first-order chi connectivity index (χ1) is 10.3. The lowest BCUT2D eigenvalue weighted by Crippen LogP contribution is -2.17. The van der Waals surface area contributed by atoms with E-state index in [1.807, 2.05) is 38.1 Å². The van der Waals surface area contributed by atoms with E-state index in [-0.39, 0.29) is 17.6 Å². The Kier molecular flexibility index (Phi) is 6.12. The van der Waals surface area contributed by atoms with Crippen LogP contribution in [0.15, 0.2) is 45.3 Å². The minimum Gasteiger partial charge on any atom is -0.298 e. The first-order valence-electron chi connectivity index (χ1n) is 6.75. The summed E-state index contributed by atoms with van der Waals surface area (Å²) in [5, 5.41) is 1.24. The van der Waals surface area contributed by atoms with Gasteiger partial charge in [-0.15, -0.1) is 0 Å². The quantitative estimate of drug-likeness (QED) is 0.476. The zero-order valence-corrected chi connectivity index (χ0v) is 16.7. The zero-order chi connectivity index (χ0) is 16.4. The lowest BCUT2D eigenvalue weighted by Gasteiger charge is -2.19. The van der Waals surface area contributed by atoms with Crippen LogP contribution in [0.2, 0.25) is 10.0 Å². The summed E-state index contributed by atoms with van der Waals surface area (Å²) >= 11 is 19.1. The van der Waals surface area contributed by atoms with E-state index >= 15 is 0 Å². The third-order valence-electron chi connectivity index (χ3n) is 3.70. The molecule has 0 heterocycles. The van der Waals surface area contributed by atoms with Crippen LogP contribution >= 0.6 is 55.1 Å². The van der Waals surface area contributed by atoms with Crippen molar-refractivity contribution in [3.8, 4) is 0 Å². The molecule has 116 valence electrons. The lowest BCUT2D eigenvalue weighted by atomic mass is 9.86. The molecule has 0 saturated heterocycles. The van der Waals surface area contributed by atoms with Crippen molar-refractivity contribution in [2.75, 3.05) is 0 Å². The first-order valence-corrected chi connectivity index (χ1v) is 9.09. The Morgan fingerprint density at radius 2 is 1.23 bits per heavy atom. The van der Waals surface area contributed by atoms with Crippen molar-refractivity contribution >= 4 is 60.8 Å². The number of carbonyl (C=O) groups is 1. The molecule has 0 amide bonds. The number of rotatable bonds is 4. The predicted octanol–water partition coefficient (Wildman–Crippen LogP) is 6.99. The van der Waals surface area contributed by atoms with Crippen LogP contribution < -0.4 is 0 Å². The number of halogens is 4. The van der Waals surface area contributed by atoms with E-state index < -0.39 is 0 Å². The highest BCUT2D eigenvalue weighted by atomic mass is 79.9. The highest BCUT2D eigenvalue weighted by Gasteiger charge is 2.25. The lowest BCUT2D eigenvalue weighted by molar-refractivity contribution is -0.121. The predicted molar refractivity (Wildman–Crippen MR) is 100 cm³/mol. The van der Waals surface area contributed by atoms with Gasteiger partial charge < -0.3 is 0 Å². The Hall–Kier alpha value is -0.350. The van der Waals surface area contributed by atoms with E-state index in [4.69, 9.17) is 23.2 Å². The second-order valence-corrected chi connectivity index (χ2v) is 7.76. The second kappa shape index (κ2) is 7.48. The van der Waals surface area contributed by atoms with E-state index in [1.54, 1.807) is 12.1 Å². The third kappa shape index (κ3) is 3.94. The summed E-state index contributed by atoms with van der Waals surface area (Å²) in [4.78, 5) is 12.8. The SMILES string of the molecule is CC(C(=O)C(C)c1cc(Cl)ccc1Br)c1cc(Cl)ccc1Br. The van der Waals surface area contributed by atoms with E-state index in [0.29, 0.717) is 10.0 Å². The monoisotopic (exact) mass is 462 g/mol. The summed E-state index contributed by atoms with van der Waals surface area (Å²) in [5.74, 6) is -0.422. The Balaban J connectivity index is 2.34. The minimum absolute atomic E-state index is 0.117. The van der Waals surface area contributed by atoms with Gasteiger partial charge in [-0.2, -0.15) is 0 Å². The van der Waals surface area contributed by atoms with Crippen molar-refractivity contribution in [1.29, 1.82) is 0 Å². The second-order valence-electron chi connectivity index (χ2n) is 5.18. The molecule has 0 N–H and O–H groups in total. The Morgan fingerprint density at radius 1 is 0.864 bits per heavy atom. The maximum Gasteiger partial charge on any atom is 0.147 e. The van der Waals surface area contributed by atoms with Gasteiger partial charge in [-0.05, 0) is 47.5 Å². The molecule has 0 spiro atoms. The van der Waals surface area contributed by atoms with Crippen molar-refractivity contribution in [2.45, 2.75) is 25.7 Å². The highest BCUT2D eigenvalue weighted by molar-refractivity contribution is 9.10. The van der Waals surface area contributed by atoms with Crippen molar-refractivity contribution in [1.82, 2.24) is 0 Å². The molecule has 0 saturated carbocycles. The average molecular weight is 465 g/mol. The van der Waals surface area contributed by atoms with Gasteiger partial charge in [0.05, 0.1) is 0 Å². The van der Waals surface area contributed by atoms with Gasteiger partial charge >= 0.3 is 0 Å². The van der Waals surface area contributed by atoms with Crippen molar-refractivity contribution in [3.05, 3.63) is 66.5 Å². The molecule has 2 atom stereocenters. The van der Waals surface area contributed by atoms with Gasteiger partial charge in [0.1, 0.15) is 5.78 Å². The summed E-state index contributed by atoms with van der Waals surface area (Å²) in [5.41, 5.74) is 1.78. The molecule has 2 unspecified atom stereocenters. The zero-order valence-electron chi connectivity index (χ0n) is 12.0. The number of hydrogen-bond donors (Lipinski definition) is 0. The summed E-state index contributed by atoms with van der Waals surface area (Å²) < 4.78 is 1.77. The number of ketones is 1. The molecule has 0 bridgehead atoms. The smallest absolute Gasteiger partial charge is 0.147 e. The Morgan fingerprint density at radius 3 is 1.59 bits per heavy atom. The molecule has 2 aromatic carbocycles. The summed E-state index contributed by atoms with van der Waals surface area (Å²) in [7, 11) is 0. The van der Waals surface area contributed by atoms with Gasteiger partial charge in [0.15, 0.2) is 0 Å². The van der Waals surface area contributed by atoms with Crippen LogP contribution in [0.5, 0.6) is 0 Å². The average Bonchev–Trinajstić information content (AvgIpc) is 2.50. The van der Waals surface area contributed by atoms with Gasteiger partial charge in [0, 0.05) is 30.8 Å². The van der Waals surface area contributed by atoms with Crippen LogP contribution in [0.25, 0.3) is 0 Å². The molecule has 22 heavy (non-hydrogen) atoms. The van der Waals surface area contributed by atoms with Crippen molar-refractivity contribution in [2.24, 2.45) is 0 Å². The number of hydrogen-bond acceptors (Lipinski definition) is 1.